The molecule has 2 aromatic heterocycles. The average molecular weight is 523 g/mol. The Labute approximate surface area is 215 Å². The first kappa shape index (κ1) is 25.8. The van der Waals surface area contributed by atoms with Gasteiger partial charge >= 0.3 is 0 Å². The maximum atomic E-state index is 13.0. The number of nitrogens with one attached hydrogen (secondary N) is 1. The number of hydrogen-bond donors (Lipinski definition) is 2. The van der Waals surface area contributed by atoms with Crippen LogP contribution in [-0.4, -0.2) is 43.4 Å². The molecular weight excluding hydrogens is 488 g/mol. The molecule has 1 aliphatic heterocycles. The lowest BCUT2D eigenvalue weighted by molar-refractivity contribution is 0.186. The maximum absolute atomic E-state index is 13.0. The van der Waals surface area contributed by atoms with E-state index in [2.05, 4.69) is 40.4 Å². The van der Waals surface area contributed by atoms with E-state index in [4.69, 9.17) is 22.3 Å². The van der Waals surface area contributed by atoms with Crippen molar-refractivity contribution in [1.29, 1.82) is 0 Å². The van der Waals surface area contributed by atoms with Crippen molar-refractivity contribution in [2.45, 2.75) is 86.9 Å². The molecule has 2 aliphatic rings. The van der Waals surface area contributed by atoms with Gasteiger partial charge in [-0.2, -0.15) is 0 Å². The summed E-state index contributed by atoms with van der Waals surface area (Å²) in [6.07, 6.45) is 10.1. The highest BCUT2D eigenvalue weighted by Gasteiger charge is 2.48. The molecule has 3 N–H and O–H groups in total. The molecular formula is C24H35ClN6OS2. The quantitative estimate of drug-likeness (QED) is 0.481. The minimum atomic E-state index is -1.03. The number of halogens is 1. The Hall–Kier alpha value is -1.26. The minimum absolute atomic E-state index is 0.205. The highest BCUT2D eigenvalue weighted by Crippen LogP contribution is 2.47. The second-order valence-electron chi connectivity index (χ2n) is 10.0. The van der Waals surface area contributed by atoms with Crippen LogP contribution in [-0.2, 0) is 11.4 Å². The van der Waals surface area contributed by atoms with Crippen molar-refractivity contribution < 1.29 is 4.55 Å². The normalized spacial score (nSPS) is 21.2. The van der Waals surface area contributed by atoms with Crippen LogP contribution in [0.2, 0.25) is 5.02 Å². The highest BCUT2D eigenvalue weighted by atomic mass is 35.5. The number of hydrogen-bond acceptors (Lipinski definition) is 8. The van der Waals surface area contributed by atoms with Gasteiger partial charge in [-0.3, -0.25) is 0 Å². The molecule has 0 amide bonds. The summed E-state index contributed by atoms with van der Waals surface area (Å²) in [7, 11) is 0. The van der Waals surface area contributed by atoms with Gasteiger partial charge < -0.3 is 15.2 Å². The smallest absolute Gasteiger partial charge is 0.147 e. The number of anilines is 2. The fraction of sp³-hybridized carbons (Fsp3) is 0.625. The van der Waals surface area contributed by atoms with E-state index < -0.39 is 11.4 Å². The van der Waals surface area contributed by atoms with Crippen molar-refractivity contribution in [3.05, 3.63) is 29.2 Å². The summed E-state index contributed by atoms with van der Waals surface area (Å²) in [5, 5.41) is 1.26. The summed E-state index contributed by atoms with van der Waals surface area (Å²) in [5.41, 5.74) is 6.92. The predicted molar refractivity (Wildman–Crippen MR) is 142 cm³/mol. The second-order valence-corrected chi connectivity index (χ2v) is 13.3. The summed E-state index contributed by atoms with van der Waals surface area (Å²) in [6.45, 7) is 10.1. The van der Waals surface area contributed by atoms with E-state index in [-0.39, 0.29) is 10.2 Å². The molecule has 34 heavy (non-hydrogen) atoms. The summed E-state index contributed by atoms with van der Waals surface area (Å²) in [6, 6.07) is 2.16. The van der Waals surface area contributed by atoms with E-state index in [0.29, 0.717) is 16.9 Å². The van der Waals surface area contributed by atoms with Crippen molar-refractivity contribution in [3.8, 4) is 0 Å². The van der Waals surface area contributed by atoms with Crippen LogP contribution in [0.15, 0.2) is 28.4 Å². The number of aromatic nitrogens is 3. The Morgan fingerprint density at radius 2 is 2.06 bits per heavy atom. The fourth-order valence-electron chi connectivity index (χ4n) is 4.86. The molecule has 1 spiro atoms. The lowest BCUT2D eigenvalue weighted by Gasteiger charge is -2.44. The van der Waals surface area contributed by atoms with Crippen LogP contribution in [0.3, 0.4) is 0 Å². The van der Waals surface area contributed by atoms with Crippen LogP contribution >= 0.6 is 23.4 Å². The molecule has 0 radical (unpaired) electrons. The van der Waals surface area contributed by atoms with Gasteiger partial charge in [0.2, 0.25) is 0 Å². The van der Waals surface area contributed by atoms with Gasteiger partial charge in [-0.15, -0.1) is 4.72 Å². The van der Waals surface area contributed by atoms with Gasteiger partial charge in [-0.05, 0) is 64.4 Å². The van der Waals surface area contributed by atoms with Gasteiger partial charge in [-0.25, -0.2) is 15.0 Å². The monoisotopic (exact) mass is 522 g/mol. The molecule has 0 bridgehead atoms. The van der Waals surface area contributed by atoms with Gasteiger partial charge in [0.25, 0.3) is 0 Å². The van der Waals surface area contributed by atoms with Gasteiger partial charge in [0, 0.05) is 35.5 Å². The standard InChI is InChI=1S/C24H35ClN6OS2/c1-5-23(3,4)34(32)30-18-7-6-9-24(18)10-13-31(14-11-24)19-15-28-22(16(2)29-19)33-17-8-12-27-21(26)20(17)25/h8,12,15,18,30H,5-7,9-11,13-14H2,1-4H3,(H2,26,27)/t18-,34?/m1/s1. The molecule has 1 unspecified atom stereocenters. The van der Waals surface area contributed by atoms with E-state index in [0.717, 1.165) is 60.2 Å². The zero-order chi connectivity index (χ0) is 24.5. The van der Waals surface area contributed by atoms with Gasteiger partial charge in [0.1, 0.15) is 21.4 Å². The van der Waals surface area contributed by atoms with Crippen LogP contribution in [0.25, 0.3) is 0 Å². The summed E-state index contributed by atoms with van der Waals surface area (Å²) >= 11 is 6.72. The maximum Gasteiger partial charge on any atom is 0.147 e. The molecule has 1 saturated carbocycles. The first-order chi connectivity index (χ1) is 16.1. The lowest BCUT2D eigenvalue weighted by atomic mass is 9.74. The Morgan fingerprint density at radius 1 is 1.32 bits per heavy atom. The van der Waals surface area contributed by atoms with Gasteiger partial charge in [0.15, 0.2) is 0 Å². The number of pyridine rings is 1. The third-order valence-corrected chi connectivity index (χ3v) is 11.0. The number of aryl methyl sites for hydroxylation is 1. The molecule has 2 atom stereocenters. The Bertz CT molecular complexity index is 1010. The Kier molecular flexibility index (Phi) is 7.89. The zero-order valence-corrected chi connectivity index (χ0v) is 22.8. The molecule has 0 aromatic carbocycles. The highest BCUT2D eigenvalue weighted by molar-refractivity contribution is 7.99. The van der Waals surface area contributed by atoms with Gasteiger partial charge in [0.05, 0.1) is 23.0 Å². The number of piperidine rings is 1. The summed E-state index contributed by atoms with van der Waals surface area (Å²) < 4.78 is 16.3. The molecule has 1 aliphatic carbocycles. The molecule has 186 valence electrons. The number of rotatable bonds is 7. The Balaban J connectivity index is 1.41. The SMILES string of the molecule is CCC(C)(C)[S+]([O-])N[C@@H]1CCCC12CCN(c1cnc(Sc3ccnc(N)c3Cl)c(C)n1)CC2. The number of nitrogens with zero attached hydrogens (tertiary/aromatic N) is 4. The largest absolute Gasteiger partial charge is 0.598 e. The van der Waals surface area contributed by atoms with E-state index in [9.17, 15) is 4.55 Å². The van der Waals surface area contributed by atoms with Crippen LogP contribution in [0.5, 0.6) is 0 Å². The van der Waals surface area contributed by atoms with Crippen molar-refractivity contribution in [2.75, 3.05) is 23.7 Å². The second kappa shape index (κ2) is 10.4. The topological polar surface area (TPSA) is 103 Å². The fourth-order valence-corrected chi connectivity index (χ4v) is 7.12. The molecule has 7 nitrogen and oxygen atoms in total. The zero-order valence-electron chi connectivity index (χ0n) is 20.4. The average Bonchev–Trinajstić information content (AvgIpc) is 3.19. The summed E-state index contributed by atoms with van der Waals surface area (Å²) in [5.74, 6) is 1.23. The third kappa shape index (κ3) is 5.28. The number of nitrogens with two attached hydrogens (primary N) is 1. The van der Waals surface area contributed by atoms with Crippen LogP contribution in [0.1, 0.15) is 65.0 Å². The summed E-state index contributed by atoms with van der Waals surface area (Å²) in [4.78, 5) is 16.7. The van der Waals surface area contributed by atoms with Crippen molar-refractivity contribution >= 4 is 46.4 Å². The van der Waals surface area contributed by atoms with Crippen LogP contribution in [0, 0.1) is 12.3 Å². The first-order valence-electron chi connectivity index (χ1n) is 12.0. The van der Waals surface area contributed by atoms with E-state index in [1.807, 2.05) is 19.2 Å². The lowest BCUT2D eigenvalue weighted by Crippen LogP contribution is -2.53. The van der Waals surface area contributed by atoms with Crippen molar-refractivity contribution in [1.82, 2.24) is 19.7 Å². The van der Waals surface area contributed by atoms with Crippen molar-refractivity contribution in [2.24, 2.45) is 5.41 Å². The van der Waals surface area contributed by atoms with Crippen LogP contribution in [0.4, 0.5) is 11.6 Å². The van der Waals surface area contributed by atoms with E-state index in [1.165, 1.54) is 24.6 Å². The number of nitrogen functional groups attached to an aromatic ring is 1. The first-order valence-corrected chi connectivity index (χ1v) is 14.3. The molecule has 3 heterocycles. The van der Waals surface area contributed by atoms with Gasteiger partial charge in [-0.1, -0.05) is 36.7 Å². The van der Waals surface area contributed by atoms with E-state index >= 15 is 0 Å². The Morgan fingerprint density at radius 3 is 2.74 bits per heavy atom. The third-order valence-electron chi connectivity index (χ3n) is 7.57. The minimum Gasteiger partial charge on any atom is -0.598 e. The molecule has 10 heteroatoms. The van der Waals surface area contributed by atoms with Crippen molar-refractivity contribution in [3.63, 3.8) is 0 Å². The molecule has 2 fully saturated rings. The predicted octanol–water partition coefficient (Wildman–Crippen LogP) is 5.15. The van der Waals surface area contributed by atoms with E-state index in [1.54, 1.807) is 6.20 Å². The van der Waals surface area contributed by atoms with Crippen LogP contribution < -0.4 is 15.4 Å². The molecule has 1 saturated heterocycles. The molecule has 4 rings (SSSR count). The molecule has 2 aromatic rings.